The van der Waals surface area contributed by atoms with Crippen LogP contribution < -0.4 is 5.73 Å². The number of aromatic nitrogens is 2. The van der Waals surface area contributed by atoms with E-state index in [0.29, 0.717) is 28.3 Å². The minimum Gasteiger partial charge on any atom is -0.383 e. The second kappa shape index (κ2) is 8.02. The van der Waals surface area contributed by atoms with Gasteiger partial charge < -0.3 is 15.0 Å². The van der Waals surface area contributed by atoms with Crippen molar-refractivity contribution in [2.75, 3.05) is 5.73 Å². The van der Waals surface area contributed by atoms with Gasteiger partial charge in [0.25, 0.3) is 0 Å². The van der Waals surface area contributed by atoms with E-state index in [1.165, 1.54) is 6.07 Å². The molecule has 0 saturated carbocycles. The zero-order valence-electron chi connectivity index (χ0n) is 15.0. The molecule has 140 valence electrons. The maximum Gasteiger partial charge on any atom is 0.176 e. The zero-order chi connectivity index (χ0) is 19.3. The Morgan fingerprint density at radius 3 is 2.57 bits per heavy atom. The van der Waals surface area contributed by atoms with Gasteiger partial charge in [-0.1, -0.05) is 53.7 Å². The van der Waals surface area contributed by atoms with Crippen molar-refractivity contribution in [2.45, 2.75) is 12.7 Å². The fraction of sp³-hybridized carbons (Fsp3) is 0.0909. The van der Waals surface area contributed by atoms with Crippen molar-refractivity contribution in [2.24, 2.45) is 0 Å². The maximum atomic E-state index is 14.0. The van der Waals surface area contributed by atoms with Crippen molar-refractivity contribution >= 4 is 5.82 Å². The molecular weight excluding hydrogens is 357 g/mol. The molecule has 0 aliphatic carbocycles. The number of nitrogen functional groups attached to an aromatic ring is 1. The van der Waals surface area contributed by atoms with E-state index in [9.17, 15) is 4.39 Å². The summed E-state index contributed by atoms with van der Waals surface area (Å²) in [6.07, 6.45) is 2.70. The monoisotopic (exact) mass is 375 g/mol. The lowest BCUT2D eigenvalue weighted by Gasteiger charge is -2.18. The average Bonchev–Trinajstić information content (AvgIpc) is 3.20. The highest BCUT2D eigenvalue weighted by Crippen LogP contribution is 2.36. The van der Waals surface area contributed by atoms with Crippen molar-refractivity contribution < 1.29 is 13.7 Å². The normalized spacial score (nSPS) is 12.0. The Labute approximate surface area is 161 Å². The number of nitrogens with zero attached hydrogens (tertiary/aromatic N) is 2. The summed E-state index contributed by atoms with van der Waals surface area (Å²) < 4.78 is 25.7. The molecular formula is C22H18FN3O2. The topological polar surface area (TPSA) is 74.2 Å². The van der Waals surface area contributed by atoms with E-state index in [1.807, 2.05) is 36.4 Å². The number of anilines is 1. The van der Waals surface area contributed by atoms with E-state index in [2.05, 4.69) is 10.1 Å². The summed E-state index contributed by atoms with van der Waals surface area (Å²) >= 11 is 0. The van der Waals surface area contributed by atoms with Crippen LogP contribution >= 0.6 is 0 Å². The molecule has 0 spiro atoms. The predicted octanol–water partition coefficient (Wildman–Crippen LogP) is 4.76. The van der Waals surface area contributed by atoms with Gasteiger partial charge in [0.15, 0.2) is 5.76 Å². The summed E-state index contributed by atoms with van der Waals surface area (Å²) in [6, 6.07) is 19.8. The summed E-state index contributed by atoms with van der Waals surface area (Å²) in [5.74, 6) is 0.505. The minimum absolute atomic E-state index is 0.0966. The molecule has 0 amide bonds. The number of hydrogen-bond donors (Lipinski definition) is 1. The highest BCUT2D eigenvalue weighted by Gasteiger charge is 2.24. The van der Waals surface area contributed by atoms with Crippen LogP contribution in [-0.4, -0.2) is 10.1 Å². The molecule has 28 heavy (non-hydrogen) atoms. The lowest BCUT2D eigenvalue weighted by molar-refractivity contribution is 0.0650. The molecule has 2 aromatic carbocycles. The molecule has 0 saturated heterocycles. The number of rotatable bonds is 6. The van der Waals surface area contributed by atoms with Crippen LogP contribution in [0.2, 0.25) is 0 Å². The third-order valence-electron chi connectivity index (χ3n) is 4.43. The Balaban J connectivity index is 1.72. The summed E-state index contributed by atoms with van der Waals surface area (Å²) in [5.41, 5.74) is 8.71. The van der Waals surface area contributed by atoms with Crippen molar-refractivity contribution in [3.05, 3.63) is 102 Å². The first kappa shape index (κ1) is 17.9. The molecule has 0 aliphatic heterocycles. The predicted molar refractivity (Wildman–Crippen MR) is 104 cm³/mol. The molecule has 4 aromatic rings. The van der Waals surface area contributed by atoms with E-state index in [1.54, 1.807) is 36.7 Å². The van der Waals surface area contributed by atoms with Gasteiger partial charge in [0.2, 0.25) is 0 Å². The highest BCUT2D eigenvalue weighted by atomic mass is 19.1. The molecule has 5 nitrogen and oxygen atoms in total. The number of benzene rings is 2. The Hall–Kier alpha value is -3.51. The second-order valence-electron chi connectivity index (χ2n) is 6.24. The van der Waals surface area contributed by atoms with E-state index in [4.69, 9.17) is 15.0 Å². The molecule has 0 fully saturated rings. The van der Waals surface area contributed by atoms with Gasteiger partial charge >= 0.3 is 0 Å². The Morgan fingerprint density at radius 1 is 1.00 bits per heavy atom. The Bertz CT molecular complexity index is 1070. The largest absolute Gasteiger partial charge is 0.383 e. The zero-order valence-corrected chi connectivity index (χ0v) is 15.0. The smallest absolute Gasteiger partial charge is 0.176 e. The van der Waals surface area contributed by atoms with Crippen molar-refractivity contribution in [1.82, 2.24) is 10.1 Å². The van der Waals surface area contributed by atoms with Gasteiger partial charge in [0, 0.05) is 11.8 Å². The first-order valence-electron chi connectivity index (χ1n) is 8.79. The first-order chi connectivity index (χ1) is 13.7. The molecule has 6 heteroatoms. The number of pyridine rings is 1. The van der Waals surface area contributed by atoms with Gasteiger partial charge in [-0.05, 0) is 23.8 Å². The molecule has 0 bridgehead atoms. The van der Waals surface area contributed by atoms with Crippen LogP contribution in [0.5, 0.6) is 0 Å². The summed E-state index contributed by atoms with van der Waals surface area (Å²) in [5, 5.41) is 3.95. The fourth-order valence-corrected chi connectivity index (χ4v) is 3.03. The summed E-state index contributed by atoms with van der Waals surface area (Å²) in [4.78, 5) is 4.11. The van der Waals surface area contributed by atoms with Crippen molar-refractivity contribution in [3.63, 3.8) is 0 Å². The van der Waals surface area contributed by atoms with Gasteiger partial charge in [-0.15, -0.1) is 0 Å². The lowest BCUT2D eigenvalue weighted by atomic mass is 9.99. The molecule has 2 aromatic heterocycles. The van der Waals surface area contributed by atoms with Crippen LogP contribution in [0.15, 0.2) is 83.6 Å². The van der Waals surface area contributed by atoms with Crippen LogP contribution in [-0.2, 0) is 11.3 Å². The molecule has 0 radical (unpaired) electrons. The van der Waals surface area contributed by atoms with Crippen LogP contribution in [0, 0.1) is 5.82 Å². The molecule has 1 atom stereocenters. The van der Waals surface area contributed by atoms with E-state index >= 15 is 0 Å². The molecule has 4 rings (SSSR count). The van der Waals surface area contributed by atoms with Crippen LogP contribution in [0.3, 0.4) is 0 Å². The van der Waals surface area contributed by atoms with Crippen LogP contribution in [0.1, 0.15) is 22.8 Å². The average molecular weight is 375 g/mol. The Kier molecular flexibility index (Phi) is 5.12. The van der Waals surface area contributed by atoms with Crippen LogP contribution in [0.4, 0.5) is 10.2 Å². The van der Waals surface area contributed by atoms with Gasteiger partial charge in [0.05, 0.1) is 23.9 Å². The first-order valence-corrected chi connectivity index (χ1v) is 8.79. The lowest BCUT2D eigenvalue weighted by Crippen LogP contribution is -2.08. The third kappa shape index (κ3) is 3.63. The quantitative estimate of drug-likeness (QED) is 0.526. The number of hydrogen-bond acceptors (Lipinski definition) is 5. The summed E-state index contributed by atoms with van der Waals surface area (Å²) in [7, 11) is 0. The van der Waals surface area contributed by atoms with Crippen molar-refractivity contribution in [3.8, 4) is 11.3 Å². The van der Waals surface area contributed by atoms with Crippen molar-refractivity contribution in [1.29, 1.82) is 0 Å². The number of ether oxygens (including phenoxy) is 1. The molecule has 2 N–H and O–H groups in total. The fourth-order valence-electron chi connectivity index (χ4n) is 3.03. The molecule has 2 heterocycles. The van der Waals surface area contributed by atoms with Gasteiger partial charge in [-0.2, -0.15) is 0 Å². The van der Waals surface area contributed by atoms with E-state index in [-0.39, 0.29) is 12.4 Å². The minimum atomic E-state index is -0.512. The van der Waals surface area contributed by atoms with Gasteiger partial charge in [0.1, 0.15) is 17.7 Å². The van der Waals surface area contributed by atoms with E-state index in [0.717, 1.165) is 5.56 Å². The molecule has 0 aliphatic rings. The maximum absolute atomic E-state index is 14.0. The third-order valence-corrected chi connectivity index (χ3v) is 4.43. The molecule has 1 unspecified atom stereocenters. The van der Waals surface area contributed by atoms with Gasteiger partial charge in [-0.25, -0.2) is 9.37 Å². The second-order valence-corrected chi connectivity index (χ2v) is 6.24. The van der Waals surface area contributed by atoms with Crippen LogP contribution in [0.25, 0.3) is 11.3 Å². The Morgan fingerprint density at radius 2 is 1.79 bits per heavy atom. The number of nitrogens with two attached hydrogens (primary N) is 1. The summed E-state index contributed by atoms with van der Waals surface area (Å²) in [6.45, 7) is 0.0966. The SMILES string of the molecule is Nc1ncccc1-c1oncc1C(OCc1ccccc1F)c1ccccc1. The number of halogens is 1. The van der Waals surface area contributed by atoms with E-state index < -0.39 is 6.10 Å². The van der Waals surface area contributed by atoms with Gasteiger partial charge in [-0.3, -0.25) is 0 Å². The highest BCUT2D eigenvalue weighted by molar-refractivity contribution is 5.72. The standard InChI is InChI=1S/C22H18FN3O2/c23-19-11-5-4-9-16(19)14-27-20(15-7-2-1-3-8-15)18-13-26-28-21(18)17-10-6-12-25-22(17)24/h1-13,20H,14H2,(H2,24,25).